The topological polar surface area (TPSA) is 156 Å². The monoisotopic (exact) mass is 533 g/mol. The van der Waals surface area contributed by atoms with Gasteiger partial charge in [0.05, 0.1) is 11.9 Å². The lowest BCUT2D eigenvalue weighted by atomic mass is 10.1. The average molecular weight is 534 g/mol. The van der Waals surface area contributed by atoms with Crippen molar-refractivity contribution in [2.45, 2.75) is 25.6 Å². The van der Waals surface area contributed by atoms with Gasteiger partial charge in [0.1, 0.15) is 23.0 Å². The van der Waals surface area contributed by atoms with Gasteiger partial charge in [-0.25, -0.2) is 14.3 Å². The van der Waals surface area contributed by atoms with Crippen molar-refractivity contribution in [3.05, 3.63) is 59.6 Å². The number of aromatic nitrogens is 5. The van der Waals surface area contributed by atoms with Gasteiger partial charge in [0.15, 0.2) is 5.65 Å². The predicted molar refractivity (Wildman–Crippen MR) is 125 cm³/mol. The first kappa shape index (κ1) is 25.7. The number of hydrogen-bond donors (Lipinski definition) is 2. The first-order chi connectivity index (χ1) is 17.8. The highest BCUT2D eigenvalue weighted by molar-refractivity contribution is 6.31. The van der Waals surface area contributed by atoms with Crippen LogP contribution in [-0.2, 0) is 20.9 Å². The van der Waals surface area contributed by atoms with Crippen molar-refractivity contribution in [2.75, 3.05) is 5.32 Å². The molecule has 0 aliphatic carbocycles. The lowest BCUT2D eigenvalue weighted by Gasteiger charge is -2.11. The molecule has 1 amide bonds. The molecule has 4 aromatic rings. The van der Waals surface area contributed by atoms with Crippen LogP contribution in [0, 0.1) is 0 Å². The Bertz CT molecular complexity index is 1460. The number of carbonyl (C=O) groups excluding carboxylic acids is 3. The molecule has 0 fully saturated rings. The normalized spacial score (nSPS) is 11.9. The average Bonchev–Trinajstić information content (AvgIpc) is 3.47. The highest BCUT2D eigenvalue weighted by atomic mass is 35.5. The Balaban J connectivity index is 1.70. The molecule has 0 aliphatic heterocycles. The number of nitrogens with zero attached hydrogens (tertiary/aromatic N) is 5. The van der Waals surface area contributed by atoms with E-state index in [1.807, 2.05) is 0 Å². The second-order valence-corrected chi connectivity index (χ2v) is 7.94. The summed E-state index contributed by atoms with van der Waals surface area (Å²) in [6, 6.07) is 4.47. The fourth-order valence-electron chi connectivity index (χ4n) is 3.41. The molecule has 0 unspecified atom stereocenters. The minimum absolute atomic E-state index is 0.00901. The van der Waals surface area contributed by atoms with Gasteiger partial charge >= 0.3 is 19.1 Å². The number of esters is 1. The second-order valence-electron chi connectivity index (χ2n) is 7.50. The van der Waals surface area contributed by atoms with Crippen LogP contribution in [0.4, 0.5) is 14.5 Å². The van der Waals surface area contributed by atoms with Crippen LogP contribution in [-0.4, -0.2) is 55.4 Å². The summed E-state index contributed by atoms with van der Waals surface area (Å²) in [4.78, 5) is 39.3. The molecular formula is C22H18ClF2N7O5. The predicted octanol–water partition coefficient (Wildman–Crippen LogP) is 2.52. The van der Waals surface area contributed by atoms with Crippen molar-refractivity contribution in [1.29, 1.82) is 0 Å². The van der Waals surface area contributed by atoms with E-state index in [-0.39, 0.29) is 58.4 Å². The van der Waals surface area contributed by atoms with Crippen LogP contribution in [0.25, 0.3) is 16.9 Å². The van der Waals surface area contributed by atoms with Crippen LogP contribution in [0.3, 0.4) is 0 Å². The zero-order chi connectivity index (χ0) is 26.5. The third-order valence-electron chi connectivity index (χ3n) is 5.08. The number of nitrogens with one attached hydrogen (secondary N) is 1. The molecule has 3 N–H and O–H groups in total. The van der Waals surface area contributed by atoms with Crippen LogP contribution in [0.15, 0.2) is 49.1 Å². The Morgan fingerprint density at radius 2 is 2.11 bits per heavy atom. The smallest absolute Gasteiger partial charge is 0.387 e. The number of halogens is 3. The lowest BCUT2D eigenvalue weighted by Crippen LogP contribution is -2.33. The van der Waals surface area contributed by atoms with Crippen LogP contribution >= 0.6 is 11.6 Å². The Labute approximate surface area is 211 Å². The molecule has 1 aromatic carbocycles. The zero-order valence-corrected chi connectivity index (χ0v) is 19.5. The summed E-state index contributed by atoms with van der Waals surface area (Å²) in [5.74, 6) is -1.76. The van der Waals surface area contributed by atoms with Crippen molar-refractivity contribution in [3.63, 3.8) is 0 Å². The maximum absolute atomic E-state index is 13.1. The Morgan fingerprint density at radius 1 is 1.30 bits per heavy atom. The number of ether oxygens (including phenoxy) is 2. The Kier molecular flexibility index (Phi) is 7.69. The quantitative estimate of drug-likeness (QED) is 0.178. The largest absolute Gasteiger partial charge is 0.434 e. The molecule has 3 aromatic heterocycles. The number of anilines is 1. The van der Waals surface area contributed by atoms with Gasteiger partial charge in [-0.15, -0.1) is 0 Å². The first-order valence-corrected chi connectivity index (χ1v) is 11.0. The zero-order valence-electron chi connectivity index (χ0n) is 18.8. The lowest BCUT2D eigenvalue weighted by molar-refractivity contribution is -0.152. The molecule has 192 valence electrons. The van der Waals surface area contributed by atoms with Crippen LogP contribution in [0.5, 0.6) is 5.75 Å². The van der Waals surface area contributed by atoms with E-state index in [4.69, 9.17) is 17.3 Å². The van der Waals surface area contributed by atoms with E-state index in [9.17, 15) is 23.2 Å². The number of amides is 1. The maximum Gasteiger partial charge on any atom is 0.387 e. The number of carbonyl (C=O) groups is 3. The molecule has 0 saturated heterocycles. The fraction of sp³-hybridized carbons (Fsp3) is 0.182. The van der Waals surface area contributed by atoms with E-state index in [0.717, 1.165) is 0 Å². The molecule has 12 nitrogen and oxygen atoms in total. The summed E-state index contributed by atoms with van der Waals surface area (Å²) in [5.41, 5.74) is 6.40. The summed E-state index contributed by atoms with van der Waals surface area (Å²) in [6.07, 6.45) is 5.85. The summed E-state index contributed by atoms with van der Waals surface area (Å²) in [5, 5.41) is 11.3. The highest BCUT2D eigenvalue weighted by Gasteiger charge is 2.23. The second kappa shape index (κ2) is 11.1. The first-order valence-electron chi connectivity index (χ1n) is 10.6. The van der Waals surface area contributed by atoms with Gasteiger partial charge in [0.2, 0.25) is 0 Å². The molecule has 0 bridgehead atoms. The third-order valence-corrected chi connectivity index (χ3v) is 5.32. The van der Waals surface area contributed by atoms with Gasteiger partial charge in [-0.05, 0) is 30.7 Å². The molecule has 1 atom stereocenters. The molecule has 15 heteroatoms. The number of nitrogens with two attached hydrogens (primary N) is 1. The number of benzene rings is 1. The van der Waals surface area contributed by atoms with Gasteiger partial charge in [-0.2, -0.15) is 19.0 Å². The number of rotatable bonds is 10. The summed E-state index contributed by atoms with van der Waals surface area (Å²) in [7, 11) is 0. The maximum atomic E-state index is 13.1. The molecule has 3 heterocycles. The minimum Gasteiger partial charge on any atom is -0.434 e. The van der Waals surface area contributed by atoms with Crippen molar-refractivity contribution >= 4 is 41.3 Å². The van der Waals surface area contributed by atoms with Crippen molar-refractivity contribution in [2.24, 2.45) is 5.73 Å². The molecule has 0 aliphatic rings. The fourth-order valence-corrected chi connectivity index (χ4v) is 3.59. The Hall–Kier alpha value is -4.43. The van der Waals surface area contributed by atoms with Gasteiger partial charge in [-0.3, -0.25) is 14.3 Å². The van der Waals surface area contributed by atoms with Crippen LogP contribution in [0.2, 0.25) is 5.02 Å². The summed E-state index contributed by atoms with van der Waals surface area (Å²) >= 11 is 6.10. The van der Waals surface area contributed by atoms with E-state index in [1.54, 1.807) is 12.3 Å². The van der Waals surface area contributed by atoms with E-state index in [0.29, 0.717) is 0 Å². The van der Waals surface area contributed by atoms with Crippen LogP contribution < -0.4 is 15.8 Å². The number of hydrogen-bond acceptors (Lipinski definition) is 9. The third kappa shape index (κ3) is 5.87. The van der Waals surface area contributed by atoms with Crippen molar-refractivity contribution < 1.29 is 32.6 Å². The van der Waals surface area contributed by atoms with Crippen LogP contribution in [0.1, 0.15) is 16.8 Å². The van der Waals surface area contributed by atoms with Gasteiger partial charge in [0.25, 0.3) is 5.91 Å². The van der Waals surface area contributed by atoms with E-state index < -0.39 is 24.5 Å². The standard InChI is InChI=1S/C22H18ClF2N7O5/c23-12-2-3-17(37-22(24)25)13(8-12)18-16(10-31(30-18)7-4-15(26)21(35)36-11-33)29-20(34)14-9-28-32-6-1-5-27-19(14)32/h1-3,5-6,8-11,15,22H,4,7,26H2,(H,29,34)/t15-/m0/s1. The van der Waals surface area contributed by atoms with Crippen molar-refractivity contribution in [3.8, 4) is 17.0 Å². The number of alkyl halides is 2. The Morgan fingerprint density at radius 3 is 2.86 bits per heavy atom. The SMILES string of the molecule is N[C@@H](CCn1cc(NC(=O)c2cnn3cccnc23)c(-c2cc(Cl)ccc2OC(F)F)n1)C(=O)OC=O. The number of aryl methyl sites for hydroxylation is 1. The molecule has 37 heavy (non-hydrogen) atoms. The highest BCUT2D eigenvalue weighted by Crippen LogP contribution is 2.37. The van der Waals surface area contributed by atoms with E-state index >= 15 is 0 Å². The molecule has 0 saturated carbocycles. The van der Waals surface area contributed by atoms with Crippen molar-refractivity contribution in [1.82, 2.24) is 24.4 Å². The molecule has 4 rings (SSSR count). The van der Waals surface area contributed by atoms with Gasteiger partial charge in [-0.1, -0.05) is 11.6 Å². The molecular weight excluding hydrogens is 516 g/mol. The molecule has 0 spiro atoms. The summed E-state index contributed by atoms with van der Waals surface area (Å²) in [6.45, 7) is -3.12. The summed E-state index contributed by atoms with van der Waals surface area (Å²) < 4.78 is 37.7. The minimum atomic E-state index is -3.13. The number of fused-ring (bicyclic) bond motifs is 1. The molecule has 0 radical (unpaired) electrons. The van der Waals surface area contributed by atoms with Gasteiger partial charge in [0, 0.05) is 35.7 Å². The van der Waals surface area contributed by atoms with E-state index in [1.165, 1.54) is 46.0 Å². The van der Waals surface area contributed by atoms with E-state index in [2.05, 4.69) is 30.0 Å². The van der Waals surface area contributed by atoms with Gasteiger partial charge < -0.3 is 20.5 Å².